The Morgan fingerprint density at radius 2 is 1.86 bits per heavy atom. The van der Waals surface area contributed by atoms with Gasteiger partial charge < -0.3 is 9.84 Å². The topological polar surface area (TPSA) is 49.8 Å². The number of anilines is 1. The van der Waals surface area contributed by atoms with Crippen LogP contribution in [0.1, 0.15) is 17.0 Å². The van der Waals surface area contributed by atoms with Crippen LogP contribution in [-0.4, -0.2) is 24.4 Å². The van der Waals surface area contributed by atoms with Crippen LogP contribution in [0.3, 0.4) is 0 Å². The number of rotatable bonds is 3. The SMILES string of the molecule is O=C(OCc1ccccc1)N1CC(CO)c2ccccc21. The summed E-state index contributed by atoms with van der Waals surface area (Å²) in [5, 5.41) is 9.44. The molecule has 1 atom stereocenters. The molecule has 21 heavy (non-hydrogen) atoms. The molecule has 4 nitrogen and oxygen atoms in total. The monoisotopic (exact) mass is 283 g/mol. The third kappa shape index (κ3) is 2.76. The summed E-state index contributed by atoms with van der Waals surface area (Å²) in [7, 11) is 0. The minimum absolute atomic E-state index is 0.0273. The summed E-state index contributed by atoms with van der Waals surface area (Å²) >= 11 is 0. The third-order valence-electron chi connectivity index (χ3n) is 3.72. The van der Waals surface area contributed by atoms with Crippen LogP contribution in [0.25, 0.3) is 0 Å². The molecule has 0 spiro atoms. The lowest BCUT2D eigenvalue weighted by Gasteiger charge is -2.17. The Bertz CT molecular complexity index is 627. The molecule has 0 saturated carbocycles. The molecule has 1 heterocycles. The van der Waals surface area contributed by atoms with Crippen molar-refractivity contribution in [2.24, 2.45) is 0 Å². The summed E-state index contributed by atoms with van der Waals surface area (Å²) in [5.74, 6) is -0.0366. The standard InChI is InChI=1S/C17H17NO3/c19-11-14-10-18(16-9-5-4-8-15(14)16)17(20)21-12-13-6-2-1-3-7-13/h1-9,14,19H,10-12H2. The first-order chi connectivity index (χ1) is 10.3. The lowest BCUT2D eigenvalue weighted by Crippen LogP contribution is -2.30. The Kier molecular flexibility index (Phi) is 3.88. The van der Waals surface area contributed by atoms with Gasteiger partial charge in [-0.25, -0.2) is 4.79 Å². The van der Waals surface area contributed by atoms with Gasteiger partial charge in [0, 0.05) is 12.5 Å². The van der Waals surface area contributed by atoms with E-state index in [2.05, 4.69) is 0 Å². The second-order valence-electron chi connectivity index (χ2n) is 5.09. The van der Waals surface area contributed by atoms with Crippen LogP contribution in [0, 0.1) is 0 Å². The first kappa shape index (κ1) is 13.6. The maximum Gasteiger partial charge on any atom is 0.414 e. The Morgan fingerprint density at radius 1 is 1.14 bits per heavy atom. The van der Waals surface area contributed by atoms with Crippen molar-refractivity contribution in [3.05, 3.63) is 65.7 Å². The molecular weight excluding hydrogens is 266 g/mol. The summed E-state index contributed by atoms with van der Waals surface area (Å²) in [4.78, 5) is 13.9. The number of benzene rings is 2. The number of hydrogen-bond acceptors (Lipinski definition) is 3. The molecule has 2 aromatic carbocycles. The van der Waals surface area contributed by atoms with Gasteiger partial charge in [0.1, 0.15) is 6.61 Å². The fourth-order valence-electron chi connectivity index (χ4n) is 2.62. The average Bonchev–Trinajstić information content (AvgIpc) is 2.92. The molecular formula is C17H17NO3. The molecule has 0 fully saturated rings. The van der Waals surface area contributed by atoms with E-state index in [0.717, 1.165) is 16.8 Å². The molecule has 0 saturated heterocycles. The zero-order chi connectivity index (χ0) is 14.7. The molecule has 1 aliphatic rings. The highest BCUT2D eigenvalue weighted by Gasteiger charge is 2.32. The minimum atomic E-state index is -0.373. The van der Waals surface area contributed by atoms with Crippen molar-refractivity contribution in [3.63, 3.8) is 0 Å². The Labute approximate surface area is 123 Å². The molecule has 1 unspecified atom stereocenters. The number of carbonyl (C=O) groups excluding carboxylic acids is 1. The third-order valence-corrected chi connectivity index (χ3v) is 3.72. The molecule has 4 heteroatoms. The maximum atomic E-state index is 12.3. The molecule has 1 amide bonds. The maximum absolute atomic E-state index is 12.3. The fraction of sp³-hybridized carbons (Fsp3) is 0.235. The van der Waals surface area contributed by atoms with Crippen LogP contribution in [0.2, 0.25) is 0 Å². The summed E-state index contributed by atoms with van der Waals surface area (Å²) in [5.41, 5.74) is 2.78. The van der Waals surface area contributed by atoms with E-state index in [-0.39, 0.29) is 25.2 Å². The number of aliphatic hydroxyl groups is 1. The van der Waals surface area contributed by atoms with Crippen LogP contribution in [0.4, 0.5) is 10.5 Å². The van der Waals surface area contributed by atoms with Gasteiger partial charge in [0.15, 0.2) is 0 Å². The minimum Gasteiger partial charge on any atom is -0.444 e. The molecule has 108 valence electrons. The Balaban J connectivity index is 1.71. The van der Waals surface area contributed by atoms with Gasteiger partial charge in [-0.1, -0.05) is 48.5 Å². The average molecular weight is 283 g/mol. The number of aliphatic hydroxyl groups excluding tert-OH is 1. The van der Waals surface area contributed by atoms with Crippen LogP contribution >= 0.6 is 0 Å². The van der Waals surface area contributed by atoms with Crippen molar-refractivity contribution >= 4 is 11.8 Å². The summed E-state index contributed by atoms with van der Waals surface area (Å²) in [6.45, 7) is 0.741. The van der Waals surface area contributed by atoms with Crippen molar-refractivity contribution in [2.45, 2.75) is 12.5 Å². The second kappa shape index (κ2) is 5.97. The van der Waals surface area contributed by atoms with E-state index in [1.54, 1.807) is 4.90 Å². The van der Waals surface area contributed by atoms with Crippen molar-refractivity contribution < 1.29 is 14.6 Å². The van der Waals surface area contributed by atoms with Crippen LogP contribution < -0.4 is 4.90 Å². The molecule has 3 rings (SSSR count). The zero-order valence-corrected chi connectivity index (χ0v) is 11.6. The van der Waals surface area contributed by atoms with E-state index in [0.29, 0.717) is 6.54 Å². The van der Waals surface area contributed by atoms with Gasteiger partial charge in [-0.05, 0) is 17.2 Å². The predicted molar refractivity (Wildman–Crippen MR) is 80.2 cm³/mol. The molecule has 1 aliphatic heterocycles. The molecule has 0 aromatic heterocycles. The highest BCUT2D eigenvalue weighted by atomic mass is 16.6. The van der Waals surface area contributed by atoms with Gasteiger partial charge in [-0.3, -0.25) is 4.90 Å². The van der Waals surface area contributed by atoms with Gasteiger partial charge >= 0.3 is 6.09 Å². The first-order valence-corrected chi connectivity index (χ1v) is 6.97. The first-order valence-electron chi connectivity index (χ1n) is 6.97. The molecule has 0 aliphatic carbocycles. The number of nitrogens with zero attached hydrogens (tertiary/aromatic N) is 1. The smallest absolute Gasteiger partial charge is 0.414 e. The number of para-hydroxylation sites is 1. The van der Waals surface area contributed by atoms with Crippen LogP contribution in [0.15, 0.2) is 54.6 Å². The second-order valence-corrected chi connectivity index (χ2v) is 5.09. The van der Waals surface area contributed by atoms with E-state index >= 15 is 0 Å². The van der Waals surface area contributed by atoms with E-state index in [9.17, 15) is 9.90 Å². The van der Waals surface area contributed by atoms with Gasteiger partial charge in [-0.15, -0.1) is 0 Å². The number of fused-ring (bicyclic) bond motifs is 1. The molecule has 1 N–H and O–H groups in total. The Hall–Kier alpha value is -2.33. The van der Waals surface area contributed by atoms with E-state index in [4.69, 9.17) is 4.74 Å². The summed E-state index contributed by atoms with van der Waals surface area (Å²) < 4.78 is 5.37. The number of hydrogen-bond donors (Lipinski definition) is 1. The highest BCUT2D eigenvalue weighted by Crippen LogP contribution is 2.36. The van der Waals surface area contributed by atoms with E-state index < -0.39 is 0 Å². The van der Waals surface area contributed by atoms with Crippen molar-refractivity contribution in [3.8, 4) is 0 Å². The van der Waals surface area contributed by atoms with Gasteiger partial charge in [-0.2, -0.15) is 0 Å². The predicted octanol–water partition coefficient (Wildman–Crippen LogP) is 2.92. The lowest BCUT2D eigenvalue weighted by molar-refractivity contribution is 0.147. The summed E-state index contributed by atoms with van der Waals surface area (Å²) in [6, 6.07) is 17.2. The normalized spacial score (nSPS) is 16.6. The van der Waals surface area contributed by atoms with Crippen molar-refractivity contribution in [2.75, 3.05) is 18.1 Å². The van der Waals surface area contributed by atoms with Gasteiger partial charge in [0.25, 0.3) is 0 Å². The molecule has 0 bridgehead atoms. The van der Waals surface area contributed by atoms with Crippen LogP contribution in [-0.2, 0) is 11.3 Å². The highest BCUT2D eigenvalue weighted by molar-refractivity contribution is 5.90. The van der Waals surface area contributed by atoms with Gasteiger partial charge in [0.2, 0.25) is 0 Å². The van der Waals surface area contributed by atoms with Crippen LogP contribution in [0.5, 0.6) is 0 Å². The molecule has 2 aromatic rings. The lowest BCUT2D eigenvalue weighted by atomic mass is 10.0. The summed E-state index contributed by atoms with van der Waals surface area (Å²) in [6.07, 6.45) is -0.373. The van der Waals surface area contributed by atoms with E-state index in [1.807, 2.05) is 54.6 Å². The number of carbonyl (C=O) groups is 1. The number of amides is 1. The zero-order valence-electron chi connectivity index (χ0n) is 11.6. The van der Waals surface area contributed by atoms with Crippen molar-refractivity contribution in [1.82, 2.24) is 0 Å². The number of ether oxygens (including phenoxy) is 1. The van der Waals surface area contributed by atoms with E-state index in [1.165, 1.54) is 0 Å². The largest absolute Gasteiger partial charge is 0.444 e. The fourth-order valence-corrected chi connectivity index (χ4v) is 2.62. The van der Waals surface area contributed by atoms with Crippen molar-refractivity contribution in [1.29, 1.82) is 0 Å². The molecule has 0 radical (unpaired) electrons. The Morgan fingerprint density at radius 3 is 2.62 bits per heavy atom. The van der Waals surface area contributed by atoms with Gasteiger partial charge in [0.05, 0.1) is 12.3 Å². The quantitative estimate of drug-likeness (QED) is 0.942.